The third-order valence-corrected chi connectivity index (χ3v) is 8.30. The molecule has 7 heteroatoms. The fourth-order valence-corrected chi connectivity index (χ4v) is 5.96. The van der Waals surface area contributed by atoms with Crippen LogP contribution >= 0.6 is 0 Å². The van der Waals surface area contributed by atoms with Crippen LogP contribution in [0, 0.1) is 0 Å². The minimum atomic E-state index is -3.78. The van der Waals surface area contributed by atoms with Crippen molar-refractivity contribution in [1.82, 2.24) is 0 Å². The third kappa shape index (κ3) is 5.67. The Morgan fingerprint density at radius 3 is 1.97 bits per heavy atom. The second kappa shape index (κ2) is 10.9. The summed E-state index contributed by atoms with van der Waals surface area (Å²) in [5.41, 5.74) is 3.76. The first-order valence-electron chi connectivity index (χ1n) is 12.4. The zero-order valence-corrected chi connectivity index (χ0v) is 21.3. The Bertz CT molecular complexity index is 1430. The number of nitrogens with one attached hydrogen (secondary N) is 1. The molecule has 0 saturated carbocycles. The molecule has 1 amide bonds. The van der Waals surface area contributed by atoms with Crippen molar-refractivity contribution in [3.05, 3.63) is 120 Å². The quantitative estimate of drug-likeness (QED) is 0.318. The Balaban J connectivity index is 1.30. The van der Waals surface area contributed by atoms with Crippen molar-refractivity contribution < 1.29 is 13.2 Å². The van der Waals surface area contributed by atoms with E-state index in [0.29, 0.717) is 11.3 Å². The van der Waals surface area contributed by atoms with Gasteiger partial charge in [-0.05, 0) is 79.1 Å². The molecule has 4 aromatic rings. The number of sulfonamides is 1. The predicted molar refractivity (Wildman–Crippen MR) is 149 cm³/mol. The lowest BCUT2D eigenvalue weighted by Crippen LogP contribution is -2.30. The van der Waals surface area contributed by atoms with Crippen molar-refractivity contribution in [2.45, 2.75) is 24.3 Å². The van der Waals surface area contributed by atoms with Crippen molar-refractivity contribution in [1.29, 1.82) is 0 Å². The number of carbonyl (C=O) groups is 1. The zero-order valence-electron chi connectivity index (χ0n) is 20.5. The van der Waals surface area contributed by atoms with E-state index in [-0.39, 0.29) is 17.3 Å². The number of hydrogen-bond acceptors (Lipinski definition) is 4. The highest BCUT2D eigenvalue weighted by atomic mass is 32.2. The molecule has 188 valence electrons. The summed E-state index contributed by atoms with van der Waals surface area (Å²) in [7, 11) is -3.78. The van der Waals surface area contributed by atoms with Gasteiger partial charge in [0.2, 0.25) is 0 Å². The minimum Gasteiger partial charge on any atom is -0.372 e. The molecule has 0 aliphatic carbocycles. The Kier molecular flexibility index (Phi) is 7.23. The first-order chi connectivity index (χ1) is 18.0. The number of nitrogens with zero attached hydrogens (tertiary/aromatic N) is 2. The summed E-state index contributed by atoms with van der Waals surface area (Å²) >= 11 is 0. The fourth-order valence-electron chi connectivity index (χ4n) is 4.49. The molecule has 0 unspecified atom stereocenters. The van der Waals surface area contributed by atoms with Gasteiger partial charge in [-0.15, -0.1) is 0 Å². The number of hydrogen-bond donors (Lipinski definition) is 1. The maximum Gasteiger partial charge on any atom is 0.264 e. The van der Waals surface area contributed by atoms with Crippen LogP contribution in [0.4, 0.5) is 17.1 Å². The largest absolute Gasteiger partial charge is 0.372 e. The lowest BCUT2D eigenvalue weighted by Gasteiger charge is -2.25. The van der Waals surface area contributed by atoms with E-state index in [0.717, 1.165) is 24.3 Å². The van der Waals surface area contributed by atoms with Crippen LogP contribution in [-0.2, 0) is 16.6 Å². The molecular weight excluding hydrogens is 482 g/mol. The van der Waals surface area contributed by atoms with Crippen molar-refractivity contribution in [2.24, 2.45) is 0 Å². The Labute approximate surface area is 218 Å². The SMILES string of the molecule is O=C(Nc1ccc(N2CCCC2)cc1)c1ccc(CN(c2ccccc2)S(=O)(=O)c2ccccc2)cc1. The summed E-state index contributed by atoms with van der Waals surface area (Å²) in [5, 5.41) is 2.94. The van der Waals surface area contributed by atoms with Crippen LogP contribution in [0.2, 0.25) is 0 Å². The number of para-hydroxylation sites is 1. The predicted octanol–water partition coefficient (Wildman–Crippen LogP) is 5.93. The molecule has 5 rings (SSSR count). The molecule has 6 nitrogen and oxygen atoms in total. The van der Waals surface area contributed by atoms with E-state index in [9.17, 15) is 13.2 Å². The van der Waals surface area contributed by atoms with Crippen molar-refractivity contribution >= 4 is 33.0 Å². The van der Waals surface area contributed by atoms with Crippen molar-refractivity contribution in [3.63, 3.8) is 0 Å². The van der Waals surface area contributed by atoms with E-state index < -0.39 is 10.0 Å². The van der Waals surface area contributed by atoms with E-state index in [1.54, 1.807) is 66.7 Å². The van der Waals surface area contributed by atoms with E-state index in [4.69, 9.17) is 0 Å². The summed E-state index contributed by atoms with van der Waals surface area (Å²) in [5.74, 6) is -0.211. The summed E-state index contributed by atoms with van der Waals surface area (Å²) in [6, 6.07) is 32.4. The number of benzene rings is 4. The van der Waals surface area contributed by atoms with Gasteiger partial charge in [-0.25, -0.2) is 8.42 Å². The summed E-state index contributed by atoms with van der Waals surface area (Å²) in [6.07, 6.45) is 2.44. The molecule has 37 heavy (non-hydrogen) atoms. The lowest BCUT2D eigenvalue weighted by molar-refractivity contribution is 0.102. The van der Waals surface area contributed by atoms with Gasteiger partial charge in [0, 0.05) is 30.0 Å². The third-order valence-electron chi connectivity index (χ3n) is 6.51. The molecule has 1 fully saturated rings. The minimum absolute atomic E-state index is 0.140. The maximum atomic E-state index is 13.5. The van der Waals surface area contributed by atoms with E-state index in [1.165, 1.54) is 22.8 Å². The first-order valence-corrected chi connectivity index (χ1v) is 13.8. The molecule has 0 aromatic heterocycles. The molecule has 0 bridgehead atoms. The molecule has 1 aliphatic heterocycles. The van der Waals surface area contributed by atoms with Crippen LogP contribution in [0.5, 0.6) is 0 Å². The van der Waals surface area contributed by atoms with Gasteiger partial charge in [0.05, 0.1) is 17.1 Å². The molecule has 0 radical (unpaired) electrons. The van der Waals surface area contributed by atoms with Gasteiger partial charge < -0.3 is 10.2 Å². The van der Waals surface area contributed by atoms with Gasteiger partial charge in [-0.2, -0.15) is 0 Å². The molecule has 1 N–H and O–H groups in total. The highest BCUT2D eigenvalue weighted by molar-refractivity contribution is 7.92. The number of anilines is 3. The smallest absolute Gasteiger partial charge is 0.264 e. The monoisotopic (exact) mass is 511 g/mol. The highest BCUT2D eigenvalue weighted by Gasteiger charge is 2.25. The zero-order chi connectivity index (χ0) is 25.7. The van der Waals surface area contributed by atoms with Gasteiger partial charge in [0.1, 0.15) is 0 Å². The molecule has 4 aromatic carbocycles. The fraction of sp³-hybridized carbons (Fsp3) is 0.167. The Morgan fingerprint density at radius 1 is 0.757 bits per heavy atom. The average Bonchev–Trinajstić information content (AvgIpc) is 3.48. The van der Waals surface area contributed by atoms with Gasteiger partial charge in [0.25, 0.3) is 15.9 Å². The number of amides is 1. The number of carbonyl (C=O) groups excluding carboxylic acids is 1. The van der Waals surface area contributed by atoms with Crippen LogP contribution in [-0.4, -0.2) is 27.4 Å². The van der Waals surface area contributed by atoms with Crippen LogP contribution in [0.3, 0.4) is 0 Å². The summed E-state index contributed by atoms with van der Waals surface area (Å²) in [6.45, 7) is 2.29. The Morgan fingerprint density at radius 2 is 1.35 bits per heavy atom. The van der Waals surface area contributed by atoms with Crippen molar-refractivity contribution in [2.75, 3.05) is 27.6 Å². The second-order valence-electron chi connectivity index (χ2n) is 9.05. The molecular formula is C30H29N3O3S. The van der Waals surface area contributed by atoms with E-state index in [1.807, 2.05) is 42.5 Å². The first kappa shape index (κ1) is 24.6. The average molecular weight is 512 g/mol. The summed E-state index contributed by atoms with van der Waals surface area (Å²) in [4.78, 5) is 15.4. The molecule has 1 heterocycles. The van der Waals surface area contributed by atoms with Gasteiger partial charge in [-0.1, -0.05) is 48.5 Å². The van der Waals surface area contributed by atoms with Crippen LogP contribution in [0.1, 0.15) is 28.8 Å². The lowest BCUT2D eigenvalue weighted by atomic mass is 10.1. The standard InChI is InChI=1S/C30H29N3O3S/c34-30(31-26-17-19-27(20-18-26)32-21-7-8-22-32)25-15-13-24(14-16-25)23-33(28-9-3-1-4-10-28)37(35,36)29-11-5-2-6-12-29/h1-6,9-20H,7-8,21-23H2,(H,31,34). The maximum absolute atomic E-state index is 13.5. The van der Waals surface area contributed by atoms with Crippen LogP contribution in [0.15, 0.2) is 114 Å². The van der Waals surface area contributed by atoms with Gasteiger partial charge in [0.15, 0.2) is 0 Å². The van der Waals surface area contributed by atoms with Crippen LogP contribution < -0.4 is 14.5 Å². The molecule has 1 saturated heterocycles. The van der Waals surface area contributed by atoms with E-state index in [2.05, 4.69) is 10.2 Å². The van der Waals surface area contributed by atoms with Gasteiger partial charge in [-0.3, -0.25) is 9.10 Å². The molecule has 1 aliphatic rings. The second-order valence-corrected chi connectivity index (χ2v) is 10.9. The topological polar surface area (TPSA) is 69.7 Å². The van der Waals surface area contributed by atoms with E-state index >= 15 is 0 Å². The van der Waals surface area contributed by atoms with Crippen LogP contribution in [0.25, 0.3) is 0 Å². The Hall–Kier alpha value is -4.10. The highest BCUT2D eigenvalue weighted by Crippen LogP contribution is 2.26. The van der Waals surface area contributed by atoms with Gasteiger partial charge >= 0.3 is 0 Å². The summed E-state index contributed by atoms with van der Waals surface area (Å²) < 4.78 is 28.4. The van der Waals surface area contributed by atoms with Crippen molar-refractivity contribution in [3.8, 4) is 0 Å². The number of rotatable bonds is 8. The molecule has 0 atom stereocenters. The normalized spacial score (nSPS) is 13.4. The molecule has 0 spiro atoms.